The number of carbonyl (C=O) groups is 2. The molecule has 0 aromatic rings. The molecule has 38 nitrogen and oxygen atoms in total. The first-order chi connectivity index (χ1) is 42.2. The first-order valence-electron chi connectivity index (χ1n) is 28.4. The Balaban J connectivity index is 1.11. The average molecular weight is 1340 g/mol. The van der Waals surface area contributed by atoms with Crippen LogP contribution in [0.3, 0.4) is 0 Å². The van der Waals surface area contributed by atoms with Gasteiger partial charge in [0.25, 0.3) is 0 Å². The van der Waals surface area contributed by atoms with Crippen LogP contribution in [0.1, 0.15) is 6.42 Å². The van der Waals surface area contributed by atoms with Crippen LogP contribution in [0.5, 0.6) is 0 Å². The molecule has 0 radical (unpaired) electrons. The average Bonchev–Trinajstić information content (AvgIpc) is 0.884. The predicted molar refractivity (Wildman–Crippen MR) is 283 cm³/mol. The Labute approximate surface area is 513 Å². The summed E-state index contributed by atoms with van der Waals surface area (Å²) >= 11 is 1.63. The molecule has 40 heteroatoms. The van der Waals surface area contributed by atoms with Crippen molar-refractivity contribution in [2.45, 2.75) is 227 Å². The number of rotatable bonds is 15. The number of thioether (sulfide) groups is 2. The zero-order valence-electron chi connectivity index (χ0n) is 46.9. The van der Waals surface area contributed by atoms with Crippen LogP contribution in [0, 0.1) is 5.92 Å². The molecule has 0 amide bonds. The molecule has 21 aliphatic heterocycles. The van der Waals surface area contributed by atoms with Gasteiger partial charge in [-0.3, -0.25) is 9.59 Å². The normalized spacial score (nSPS) is 50.1. The molecule has 21 heterocycles. The molecular formula is C49H82N2O36S2. The van der Waals surface area contributed by atoms with Crippen molar-refractivity contribution in [2.24, 2.45) is 17.4 Å². The van der Waals surface area contributed by atoms with E-state index in [0.29, 0.717) is 0 Å². The fourth-order valence-corrected chi connectivity index (χ4v) is 13.8. The third kappa shape index (κ3) is 15.9. The summed E-state index contributed by atoms with van der Waals surface area (Å²) in [6, 6.07) is -2.91. The number of hydrogen-bond donors (Lipinski definition) is 23. The van der Waals surface area contributed by atoms with Gasteiger partial charge in [0.05, 0.1) is 63.6 Å². The summed E-state index contributed by atoms with van der Waals surface area (Å²) in [6.45, 7) is -5.20. The first kappa shape index (κ1) is 73.1. The Morgan fingerprint density at radius 2 is 0.562 bits per heavy atom. The Kier molecular flexibility index (Phi) is 26.2. The zero-order valence-corrected chi connectivity index (χ0v) is 48.6. The van der Waals surface area contributed by atoms with Crippen LogP contribution in [-0.2, 0) is 71.2 Å². The largest absolute Gasteiger partial charge is 0.480 e. The number of hydrogen-bond acceptors (Lipinski definition) is 38. The Morgan fingerprint density at radius 3 is 0.843 bits per heavy atom. The van der Waals surface area contributed by atoms with Crippen LogP contribution in [0.25, 0.3) is 0 Å². The lowest BCUT2D eigenvalue weighted by atomic mass is 9.81. The van der Waals surface area contributed by atoms with Crippen LogP contribution >= 0.6 is 23.5 Å². The molecule has 14 bridgehead atoms. The third-order valence-electron chi connectivity index (χ3n) is 16.8. The number of ether oxygens (including phenoxy) is 13. The quantitative estimate of drug-likeness (QED) is 0.0724. The second-order valence-electron chi connectivity index (χ2n) is 22.7. The smallest absolute Gasteiger partial charge is 0.321 e. The van der Waals surface area contributed by atoms with Crippen molar-refractivity contribution < 1.29 is 178 Å². The molecular weight excluding hydrogens is 1260 g/mol. The molecule has 516 valence electrons. The van der Waals surface area contributed by atoms with E-state index in [4.69, 9.17) is 73.0 Å². The third-order valence-corrected chi connectivity index (χ3v) is 19.1. The van der Waals surface area contributed by atoms with Crippen LogP contribution in [0.4, 0.5) is 0 Å². The molecule has 0 saturated carbocycles. The highest BCUT2D eigenvalue weighted by atomic mass is 32.2. The summed E-state index contributed by atoms with van der Waals surface area (Å²) in [5.41, 5.74) is 11.4. The molecule has 14 unspecified atom stereocenters. The summed E-state index contributed by atoms with van der Waals surface area (Å²) in [4.78, 5) is 23.2. The Bertz CT molecular complexity index is 2200. The second-order valence-corrected chi connectivity index (χ2v) is 24.9. The Hall–Kier alpha value is -1.72. The Morgan fingerprint density at radius 1 is 0.326 bits per heavy atom. The maximum atomic E-state index is 11.7. The van der Waals surface area contributed by atoms with Gasteiger partial charge in [0.15, 0.2) is 37.7 Å². The second kappa shape index (κ2) is 31.9. The van der Waals surface area contributed by atoms with Crippen molar-refractivity contribution in [3.8, 4) is 0 Å². The van der Waals surface area contributed by atoms with E-state index in [0.717, 1.165) is 23.5 Å². The lowest BCUT2D eigenvalue weighted by Crippen LogP contribution is -2.68. The minimum absolute atomic E-state index is 0.302. The van der Waals surface area contributed by atoms with Gasteiger partial charge in [-0.25, -0.2) is 0 Å². The molecule has 0 aliphatic carbocycles. The lowest BCUT2D eigenvalue weighted by molar-refractivity contribution is -0.395. The first-order valence-corrected chi connectivity index (χ1v) is 30.7. The molecule has 21 rings (SSSR count). The van der Waals surface area contributed by atoms with Gasteiger partial charge >= 0.3 is 11.9 Å². The van der Waals surface area contributed by atoms with Gasteiger partial charge in [-0.15, -0.1) is 0 Å². The van der Waals surface area contributed by atoms with E-state index in [1.165, 1.54) is 0 Å². The summed E-state index contributed by atoms with van der Waals surface area (Å²) in [5.74, 6) is -5.60. The van der Waals surface area contributed by atoms with Gasteiger partial charge in [-0.1, -0.05) is 0 Å². The maximum absolute atomic E-state index is 11.7. The number of carboxylic acid groups (broad SMARTS) is 2. The molecule has 21 aliphatic rings. The van der Waals surface area contributed by atoms with Crippen molar-refractivity contribution >= 4 is 35.5 Å². The van der Waals surface area contributed by atoms with E-state index in [1.807, 2.05) is 0 Å². The highest BCUT2D eigenvalue weighted by Crippen LogP contribution is 2.41. The van der Waals surface area contributed by atoms with Crippen LogP contribution in [0.2, 0.25) is 0 Å². The van der Waals surface area contributed by atoms with Crippen LogP contribution in [0.15, 0.2) is 0 Å². The summed E-state index contributed by atoms with van der Waals surface area (Å²) in [7, 11) is 0. The van der Waals surface area contributed by atoms with E-state index in [9.17, 15) is 117 Å². The highest BCUT2D eigenvalue weighted by Gasteiger charge is 2.59. The molecule has 21 fully saturated rings. The minimum atomic E-state index is -2.25. The summed E-state index contributed by atoms with van der Waals surface area (Å²) in [6.07, 6.45) is -67.9. The molecule has 89 heavy (non-hydrogen) atoms. The topological polar surface area (TPSA) is 631 Å². The highest BCUT2D eigenvalue weighted by molar-refractivity contribution is 7.99. The monoisotopic (exact) mass is 1340 g/mol. The van der Waals surface area contributed by atoms with Gasteiger partial charge in [0.2, 0.25) is 0 Å². The number of carboxylic acids is 2. The standard InChI is InChI=1S/C49H82N2O36S2/c50-12(42(71)72)7-88-9-20-40-28(63)35(70)49(81-20)85-39-19(6-56)78-46(32(67)26(39)61)83-37-17(4-54)77-45(31(66)25(37)60)84-38-18(5-55)79-47(33(68)27(38)62)87-41-21(10-89-8-13(51)43(73)74)80-48(34(69)29(41)64)82-36-16(3-53)75-14(23(58)24(36)59)1-11-15(2-52)76-44(86-40)30(65)22(11)57/h11-41,44-49,52-70H,1-10,50-51H2,(H,71,72)(H,73,74)/t11-,12-,13-,14+,15?,16?,17?,18?,19?,20?,21?,22+,23?,24-,25-,26-,27-,28-,29-,30?,31?,32?,33?,34?,35?,36-,37-,38-,39-,40-,41-,44+,45-,46-,47-,48-,49+/m1/s1. The number of aliphatic hydroxyl groups excluding tert-OH is 19. The summed E-state index contributed by atoms with van der Waals surface area (Å²) in [5, 5.41) is 234. The van der Waals surface area contributed by atoms with E-state index in [1.54, 1.807) is 0 Å². The number of aliphatic carboxylic acids is 2. The molecule has 37 atom stereocenters. The van der Waals surface area contributed by atoms with Crippen LogP contribution < -0.4 is 11.5 Å². The lowest BCUT2D eigenvalue weighted by Gasteiger charge is -2.50. The van der Waals surface area contributed by atoms with Crippen molar-refractivity contribution in [2.75, 3.05) is 56.0 Å². The SMILES string of the molecule is N[C@H](CSCC1O[C@H]2O[C@@H]3C(CO)O[C@H](O[C@@H]4C(CO)O[C@H](O[C@@H]5C(CO)O[C@H](O[C@@H]6C(CSC[C@@H](N)C(=O)O)O[C@H](O[C@@H]7C(CO)O[C@@H](C[C@@H]8C(CO)O[C@@H](O[C@H]1[C@H](O)C2O)C(O)[C@H]8O)C(O)[C@H]7O)C(O)[C@H]6O)C(O)[C@H]5O)C(O)[C@H]4O)C(O)[C@H]3O)C(=O)O. The van der Waals surface area contributed by atoms with Crippen molar-refractivity contribution in [3.63, 3.8) is 0 Å². The van der Waals surface area contributed by atoms with E-state index < -0.39 is 278 Å². The molecule has 0 aromatic carbocycles. The van der Waals surface area contributed by atoms with E-state index in [-0.39, 0.29) is 23.0 Å². The van der Waals surface area contributed by atoms with Gasteiger partial charge in [-0.05, 0) is 6.42 Å². The summed E-state index contributed by atoms with van der Waals surface area (Å²) < 4.78 is 76.4. The molecule has 0 aromatic heterocycles. The van der Waals surface area contributed by atoms with Gasteiger partial charge in [-0.2, -0.15) is 23.5 Å². The van der Waals surface area contributed by atoms with Gasteiger partial charge in [0.1, 0.15) is 152 Å². The predicted octanol–water partition coefficient (Wildman–Crippen LogP) is -14.3. The molecule has 0 spiro atoms. The van der Waals surface area contributed by atoms with E-state index >= 15 is 0 Å². The fourth-order valence-electron chi connectivity index (χ4n) is 11.7. The van der Waals surface area contributed by atoms with E-state index in [2.05, 4.69) is 0 Å². The van der Waals surface area contributed by atoms with Gasteiger partial charge in [0, 0.05) is 28.9 Å². The maximum Gasteiger partial charge on any atom is 0.321 e. The number of aliphatic hydroxyl groups is 19. The number of nitrogens with two attached hydrogens (primary N) is 2. The van der Waals surface area contributed by atoms with Crippen molar-refractivity contribution in [3.05, 3.63) is 0 Å². The van der Waals surface area contributed by atoms with Crippen molar-refractivity contribution in [1.29, 1.82) is 0 Å². The van der Waals surface area contributed by atoms with Crippen LogP contribution in [-0.4, -0.2) is 396 Å². The zero-order chi connectivity index (χ0) is 65.2. The minimum Gasteiger partial charge on any atom is -0.480 e. The molecule has 21 saturated heterocycles. The van der Waals surface area contributed by atoms with Gasteiger partial charge < -0.3 is 180 Å². The fraction of sp³-hybridized carbons (Fsp3) is 0.959. The molecule has 25 N–H and O–H groups in total. The van der Waals surface area contributed by atoms with Crippen molar-refractivity contribution in [1.82, 2.24) is 0 Å².